The second-order valence-corrected chi connectivity index (χ2v) is 10.0. The van der Waals surface area contributed by atoms with E-state index in [1.54, 1.807) is 60.3 Å². The maximum Gasteiger partial charge on any atom is 0.387 e. The third kappa shape index (κ3) is 8.51. The summed E-state index contributed by atoms with van der Waals surface area (Å²) in [7, 11) is 3.48. The molecule has 2 unspecified atom stereocenters. The summed E-state index contributed by atoms with van der Waals surface area (Å²) < 4.78 is 41.2. The Labute approximate surface area is 228 Å². The first-order valence-electron chi connectivity index (χ1n) is 13.0. The molecule has 0 N–H and O–H groups in total. The topological polar surface area (TPSA) is 81.5 Å². The van der Waals surface area contributed by atoms with Gasteiger partial charge in [-0.15, -0.1) is 0 Å². The van der Waals surface area contributed by atoms with Crippen LogP contribution in [0.3, 0.4) is 0 Å². The maximum absolute atomic E-state index is 12.8. The van der Waals surface area contributed by atoms with E-state index in [2.05, 4.69) is 20.6 Å². The number of rotatable bonds is 11. The van der Waals surface area contributed by atoms with Crippen molar-refractivity contribution in [3.05, 3.63) is 59.7 Å². The van der Waals surface area contributed by atoms with Crippen LogP contribution in [0.2, 0.25) is 0 Å². The molecular weight excluding hydrogens is 508 g/mol. The van der Waals surface area contributed by atoms with Crippen molar-refractivity contribution in [3.63, 3.8) is 0 Å². The lowest BCUT2D eigenvalue weighted by atomic mass is 10.1. The van der Waals surface area contributed by atoms with Crippen LogP contribution < -0.4 is 9.47 Å². The molecule has 2 saturated heterocycles. The Kier molecular flexibility index (Phi) is 9.92. The number of nitrogens with zero attached hydrogens (tertiary/aromatic N) is 5. The van der Waals surface area contributed by atoms with Gasteiger partial charge in [-0.2, -0.15) is 14.0 Å². The molecule has 2 aromatic rings. The highest BCUT2D eigenvalue weighted by Gasteiger charge is 2.35. The number of hydrogen-bond acceptors (Lipinski definition) is 7. The Bertz CT molecular complexity index is 1100. The van der Waals surface area contributed by atoms with Gasteiger partial charge in [0.25, 0.3) is 0 Å². The number of nitriles is 1. The fourth-order valence-corrected chi connectivity index (χ4v) is 4.95. The van der Waals surface area contributed by atoms with Crippen LogP contribution in [-0.4, -0.2) is 111 Å². The molecule has 2 bridgehead atoms. The van der Waals surface area contributed by atoms with E-state index in [0.717, 1.165) is 44.8 Å². The minimum absolute atomic E-state index is 0.0663. The van der Waals surface area contributed by atoms with Crippen LogP contribution >= 0.6 is 0 Å². The Hall–Kier alpha value is -3.46. The highest BCUT2D eigenvalue weighted by atomic mass is 19.3. The molecule has 2 amide bonds. The molecule has 4 rings (SSSR count). The molecule has 2 atom stereocenters. The van der Waals surface area contributed by atoms with E-state index >= 15 is 0 Å². The molecule has 39 heavy (non-hydrogen) atoms. The van der Waals surface area contributed by atoms with E-state index < -0.39 is 6.61 Å². The lowest BCUT2D eigenvalue weighted by Crippen LogP contribution is -2.60. The molecule has 210 valence electrons. The number of carbonyl (C=O) groups excluding carboxylic acids is 1. The van der Waals surface area contributed by atoms with Gasteiger partial charge >= 0.3 is 12.6 Å². The van der Waals surface area contributed by atoms with Crippen LogP contribution in [0.1, 0.15) is 11.1 Å². The lowest BCUT2D eigenvalue weighted by Gasteiger charge is -2.46. The average molecular weight is 544 g/mol. The largest absolute Gasteiger partial charge is 0.492 e. The molecule has 0 spiro atoms. The Morgan fingerprint density at radius 3 is 2.21 bits per heavy atom. The van der Waals surface area contributed by atoms with Gasteiger partial charge in [0.2, 0.25) is 0 Å². The Balaban J connectivity index is 1.24. The number of ether oxygens (including phenoxy) is 3. The molecule has 0 saturated carbocycles. The van der Waals surface area contributed by atoms with Gasteiger partial charge in [-0.3, -0.25) is 9.80 Å². The van der Waals surface area contributed by atoms with Crippen LogP contribution in [-0.2, 0) is 11.3 Å². The van der Waals surface area contributed by atoms with Gasteiger partial charge in [-0.05, 0) is 42.0 Å². The summed E-state index contributed by atoms with van der Waals surface area (Å²) in [6, 6.07) is 15.7. The van der Waals surface area contributed by atoms with Crippen molar-refractivity contribution in [1.82, 2.24) is 19.6 Å². The first-order chi connectivity index (χ1) is 18.8. The van der Waals surface area contributed by atoms with Gasteiger partial charge in [-0.1, -0.05) is 12.1 Å². The molecule has 11 heteroatoms. The molecule has 0 aliphatic carbocycles. The standard InChI is InChI=1S/C28H35F2N5O4/c1-32(2)28(36)35(13-14-37-23-7-3-21(15-31)4-8-23)12-11-33-17-25-19-34(20-26(18-33)38-25)16-22-5-9-24(10-6-22)39-27(29)30/h3-10,25-27H,11-14,16-20H2,1-2H3. The zero-order chi connectivity index (χ0) is 27.8. The van der Waals surface area contributed by atoms with Crippen LogP contribution in [0.4, 0.5) is 13.6 Å². The molecule has 9 nitrogen and oxygen atoms in total. The fraction of sp³-hybridized carbons (Fsp3) is 0.500. The first-order valence-corrected chi connectivity index (χ1v) is 13.0. The Morgan fingerprint density at radius 2 is 1.62 bits per heavy atom. The zero-order valence-corrected chi connectivity index (χ0v) is 22.3. The summed E-state index contributed by atoms with van der Waals surface area (Å²) in [6.45, 7) is 3.11. The predicted molar refractivity (Wildman–Crippen MR) is 141 cm³/mol. The van der Waals surface area contributed by atoms with Crippen LogP contribution in [0.15, 0.2) is 48.5 Å². The number of urea groups is 1. The zero-order valence-electron chi connectivity index (χ0n) is 22.3. The van der Waals surface area contributed by atoms with Gasteiger partial charge in [0.05, 0.1) is 30.4 Å². The quantitative estimate of drug-likeness (QED) is 0.431. The number of morpholine rings is 2. The molecule has 2 fully saturated rings. The SMILES string of the molecule is CN(C)C(=O)N(CCOc1ccc(C#N)cc1)CCN1CC2CN(Cc3ccc(OC(F)F)cc3)CC(C1)O2. The molecular formula is C28H35F2N5O4. The van der Waals surface area contributed by atoms with E-state index in [1.807, 2.05) is 12.1 Å². The van der Waals surface area contributed by atoms with Crippen LogP contribution in [0, 0.1) is 11.3 Å². The number of alkyl halides is 2. The van der Waals surface area contributed by atoms with E-state index in [0.29, 0.717) is 31.0 Å². The number of benzene rings is 2. The number of fused-ring (bicyclic) bond motifs is 2. The number of hydrogen-bond donors (Lipinski definition) is 0. The minimum atomic E-state index is -2.83. The number of carbonyl (C=O) groups is 1. The first kappa shape index (κ1) is 28.5. The molecule has 2 aliphatic rings. The minimum Gasteiger partial charge on any atom is -0.492 e. The van der Waals surface area contributed by atoms with Gasteiger partial charge in [-0.25, -0.2) is 4.79 Å². The van der Waals surface area contributed by atoms with Gasteiger partial charge in [0.15, 0.2) is 0 Å². The van der Waals surface area contributed by atoms with Crippen molar-refractivity contribution in [2.45, 2.75) is 25.4 Å². The highest BCUT2D eigenvalue weighted by molar-refractivity contribution is 5.73. The van der Waals surface area contributed by atoms with E-state index in [1.165, 1.54) is 0 Å². The van der Waals surface area contributed by atoms with Crippen LogP contribution in [0.5, 0.6) is 11.5 Å². The van der Waals surface area contributed by atoms with E-state index in [-0.39, 0.29) is 24.0 Å². The maximum atomic E-state index is 12.8. The summed E-state index contributed by atoms with van der Waals surface area (Å²) in [5, 5.41) is 8.94. The van der Waals surface area contributed by atoms with Crippen molar-refractivity contribution in [3.8, 4) is 17.6 Å². The number of halogens is 2. The molecule has 2 aromatic carbocycles. The normalized spacial score (nSPS) is 19.4. The highest BCUT2D eigenvalue weighted by Crippen LogP contribution is 2.22. The molecule has 2 aliphatic heterocycles. The third-order valence-electron chi connectivity index (χ3n) is 6.74. The van der Waals surface area contributed by atoms with Crippen molar-refractivity contribution >= 4 is 6.03 Å². The van der Waals surface area contributed by atoms with E-state index in [9.17, 15) is 13.6 Å². The molecule has 0 aromatic heterocycles. The van der Waals surface area contributed by atoms with Crippen molar-refractivity contribution in [2.24, 2.45) is 0 Å². The molecule has 2 heterocycles. The summed E-state index contributed by atoms with van der Waals surface area (Å²) in [5.41, 5.74) is 1.61. The molecule has 0 radical (unpaired) electrons. The van der Waals surface area contributed by atoms with Gasteiger partial charge < -0.3 is 24.0 Å². The summed E-state index contributed by atoms with van der Waals surface area (Å²) in [5.74, 6) is 0.820. The third-order valence-corrected chi connectivity index (χ3v) is 6.74. The smallest absolute Gasteiger partial charge is 0.387 e. The summed E-state index contributed by atoms with van der Waals surface area (Å²) in [6.07, 6.45) is 0.133. The van der Waals surface area contributed by atoms with E-state index in [4.69, 9.17) is 14.7 Å². The Morgan fingerprint density at radius 1 is 1.00 bits per heavy atom. The summed E-state index contributed by atoms with van der Waals surface area (Å²) in [4.78, 5) is 20.8. The van der Waals surface area contributed by atoms with Crippen molar-refractivity contribution in [1.29, 1.82) is 5.26 Å². The van der Waals surface area contributed by atoms with Crippen LogP contribution in [0.25, 0.3) is 0 Å². The fourth-order valence-electron chi connectivity index (χ4n) is 4.95. The monoisotopic (exact) mass is 543 g/mol. The van der Waals surface area contributed by atoms with Crippen molar-refractivity contribution in [2.75, 3.05) is 66.5 Å². The van der Waals surface area contributed by atoms with Crippen molar-refractivity contribution < 1.29 is 27.8 Å². The second-order valence-electron chi connectivity index (χ2n) is 10.0. The second kappa shape index (κ2) is 13.6. The number of amides is 2. The van der Waals surface area contributed by atoms with Gasteiger partial charge in [0, 0.05) is 59.9 Å². The summed E-state index contributed by atoms with van der Waals surface area (Å²) >= 11 is 0. The lowest BCUT2D eigenvalue weighted by molar-refractivity contribution is -0.140. The average Bonchev–Trinajstić information content (AvgIpc) is 2.91. The predicted octanol–water partition coefficient (Wildman–Crippen LogP) is 3.11. The van der Waals surface area contributed by atoms with Gasteiger partial charge in [0.1, 0.15) is 18.1 Å².